The lowest BCUT2D eigenvalue weighted by Crippen LogP contribution is -2.52. The second kappa shape index (κ2) is 4.54. The van der Waals surface area contributed by atoms with E-state index >= 15 is 0 Å². The number of nitrogens with zero attached hydrogens (tertiary/aromatic N) is 3. The van der Waals surface area contributed by atoms with Crippen LogP contribution in [0.5, 0.6) is 0 Å². The molecule has 0 aromatic heterocycles. The Morgan fingerprint density at radius 2 is 1.79 bits per heavy atom. The van der Waals surface area contributed by atoms with E-state index in [2.05, 4.69) is 9.84 Å². The molecule has 80 valence electrons. The molecule has 0 atom stereocenters. The first-order valence-electron chi connectivity index (χ1n) is 4.30. The fraction of sp³-hybridized carbons (Fsp3) is 0.714. The Morgan fingerprint density at radius 3 is 2.21 bits per heavy atom. The molecule has 7 heteroatoms. The van der Waals surface area contributed by atoms with Crippen LogP contribution in [-0.4, -0.2) is 55.1 Å². The molecule has 1 aliphatic heterocycles. The van der Waals surface area contributed by atoms with Crippen molar-refractivity contribution in [3.05, 3.63) is 0 Å². The standard InChI is InChI=1S/C7H15N5O2/c1-14-7(13)12-4-2-11(3-5-12)6(8)10-9/h2-5,9H2,1H3,(H2,8,10). The highest BCUT2D eigenvalue weighted by molar-refractivity contribution is 5.78. The van der Waals surface area contributed by atoms with Crippen LogP contribution in [0.25, 0.3) is 0 Å². The van der Waals surface area contributed by atoms with E-state index in [1.807, 2.05) is 4.90 Å². The summed E-state index contributed by atoms with van der Waals surface area (Å²) in [5.41, 5.74) is 5.52. The van der Waals surface area contributed by atoms with E-state index in [1.54, 1.807) is 4.90 Å². The van der Waals surface area contributed by atoms with Gasteiger partial charge in [-0.05, 0) is 0 Å². The van der Waals surface area contributed by atoms with E-state index in [4.69, 9.17) is 11.6 Å². The average Bonchev–Trinajstić information content (AvgIpc) is 2.27. The number of piperazine rings is 1. The first-order valence-corrected chi connectivity index (χ1v) is 4.30. The van der Waals surface area contributed by atoms with Gasteiger partial charge in [0.25, 0.3) is 0 Å². The van der Waals surface area contributed by atoms with E-state index in [0.29, 0.717) is 32.1 Å². The summed E-state index contributed by atoms with van der Waals surface area (Å²) in [6.45, 7) is 2.40. The van der Waals surface area contributed by atoms with Crippen LogP contribution in [-0.2, 0) is 4.74 Å². The number of hydrogen-bond acceptors (Lipinski definition) is 4. The van der Waals surface area contributed by atoms with Crippen LogP contribution in [0.4, 0.5) is 4.79 Å². The zero-order valence-corrected chi connectivity index (χ0v) is 8.14. The number of carbonyl (C=O) groups is 1. The number of methoxy groups -OCH3 is 1. The molecule has 1 aliphatic rings. The molecule has 1 amide bonds. The predicted molar refractivity (Wildman–Crippen MR) is 51.4 cm³/mol. The maximum Gasteiger partial charge on any atom is 0.409 e. The smallest absolute Gasteiger partial charge is 0.409 e. The fourth-order valence-corrected chi connectivity index (χ4v) is 1.33. The lowest BCUT2D eigenvalue weighted by Gasteiger charge is -2.33. The van der Waals surface area contributed by atoms with Crippen LogP contribution in [0.1, 0.15) is 0 Å². The zero-order chi connectivity index (χ0) is 10.6. The Kier molecular flexibility index (Phi) is 3.38. The number of hydrazone groups is 1. The molecule has 4 N–H and O–H groups in total. The quantitative estimate of drug-likeness (QED) is 0.216. The number of hydrogen-bond donors (Lipinski definition) is 2. The number of guanidine groups is 1. The normalized spacial score (nSPS) is 18.2. The largest absolute Gasteiger partial charge is 0.453 e. The van der Waals surface area contributed by atoms with Gasteiger partial charge in [0.15, 0.2) is 0 Å². The Bertz CT molecular complexity index is 234. The van der Waals surface area contributed by atoms with E-state index in [1.165, 1.54) is 7.11 Å². The van der Waals surface area contributed by atoms with Gasteiger partial charge in [-0.15, -0.1) is 5.10 Å². The van der Waals surface area contributed by atoms with Gasteiger partial charge in [-0.25, -0.2) is 4.79 Å². The molecule has 0 aromatic rings. The summed E-state index contributed by atoms with van der Waals surface area (Å²) in [4.78, 5) is 14.5. The van der Waals surface area contributed by atoms with Crippen molar-refractivity contribution in [1.29, 1.82) is 0 Å². The van der Waals surface area contributed by atoms with Crippen LogP contribution in [0, 0.1) is 0 Å². The highest BCUT2D eigenvalue weighted by Crippen LogP contribution is 2.02. The van der Waals surface area contributed by atoms with Gasteiger partial charge < -0.3 is 26.1 Å². The summed E-state index contributed by atoms with van der Waals surface area (Å²) in [5, 5.41) is 3.39. The van der Waals surface area contributed by atoms with E-state index < -0.39 is 0 Å². The number of rotatable bonds is 0. The lowest BCUT2D eigenvalue weighted by molar-refractivity contribution is 0.106. The van der Waals surface area contributed by atoms with Gasteiger partial charge in [0.1, 0.15) is 0 Å². The van der Waals surface area contributed by atoms with Crippen LogP contribution >= 0.6 is 0 Å². The molecule has 0 aromatic carbocycles. The second-order valence-electron chi connectivity index (χ2n) is 2.93. The topological polar surface area (TPSA) is 97.2 Å². The minimum absolute atomic E-state index is 0.300. The first-order chi connectivity index (χ1) is 6.69. The highest BCUT2D eigenvalue weighted by atomic mass is 16.5. The SMILES string of the molecule is COC(=O)N1CCN(/C(N)=N/N)CC1. The number of ether oxygens (including phenoxy) is 1. The molecule has 0 saturated carbocycles. The van der Waals surface area contributed by atoms with Crippen molar-refractivity contribution in [3.63, 3.8) is 0 Å². The molecular formula is C7H15N5O2. The molecule has 0 unspecified atom stereocenters. The third-order valence-electron chi connectivity index (χ3n) is 2.17. The molecule has 0 aliphatic carbocycles. The molecule has 0 bridgehead atoms. The van der Waals surface area contributed by atoms with Gasteiger partial charge in [0.2, 0.25) is 5.96 Å². The van der Waals surface area contributed by atoms with Crippen LogP contribution in [0.3, 0.4) is 0 Å². The molecule has 1 rings (SSSR count). The number of carbonyl (C=O) groups excluding carboxylic acids is 1. The summed E-state index contributed by atoms with van der Waals surface area (Å²) in [6.07, 6.45) is -0.312. The molecule has 0 radical (unpaired) electrons. The maximum atomic E-state index is 11.1. The minimum Gasteiger partial charge on any atom is -0.453 e. The Balaban J connectivity index is 2.42. The maximum absolute atomic E-state index is 11.1. The summed E-state index contributed by atoms with van der Waals surface area (Å²) in [5.74, 6) is 5.34. The van der Waals surface area contributed by atoms with Gasteiger partial charge >= 0.3 is 6.09 Å². The van der Waals surface area contributed by atoms with Crippen molar-refractivity contribution >= 4 is 12.1 Å². The van der Waals surface area contributed by atoms with Gasteiger partial charge in [-0.2, -0.15) is 0 Å². The van der Waals surface area contributed by atoms with Crippen LogP contribution in [0.15, 0.2) is 5.10 Å². The Labute approximate surface area is 82.3 Å². The van der Waals surface area contributed by atoms with Crippen molar-refractivity contribution < 1.29 is 9.53 Å². The molecule has 1 heterocycles. The summed E-state index contributed by atoms with van der Waals surface area (Å²) < 4.78 is 4.59. The molecule has 0 spiro atoms. The monoisotopic (exact) mass is 201 g/mol. The highest BCUT2D eigenvalue weighted by Gasteiger charge is 2.22. The van der Waals surface area contributed by atoms with E-state index in [0.717, 1.165) is 0 Å². The third kappa shape index (κ3) is 2.18. The molecule has 1 fully saturated rings. The van der Waals surface area contributed by atoms with Crippen molar-refractivity contribution in [3.8, 4) is 0 Å². The number of nitrogens with two attached hydrogens (primary N) is 2. The molecule has 14 heavy (non-hydrogen) atoms. The van der Waals surface area contributed by atoms with Crippen molar-refractivity contribution in [1.82, 2.24) is 9.80 Å². The first kappa shape index (κ1) is 10.4. The lowest BCUT2D eigenvalue weighted by atomic mass is 10.3. The third-order valence-corrected chi connectivity index (χ3v) is 2.17. The Morgan fingerprint density at radius 1 is 1.29 bits per heavy atom. The van der Waals surface area contributed by atoms with Gasteiger partial charge in [-0.1, -0.05) is 0 Å². The van der Waals surface area contributed by atoms with Gasteiger partial charge in [-0.3, -0.25) is 0 Å². The molecule has 1 saturated heterocycles. The fourth-order valence-electron chi connectivity index (χ4n) is 1.33. The summed E-state index contributed by atoms with van der Waals surface area (Å²) in [7, 11) is 1.37. The molecular weight excluding hydrogens is 186 g/mol. The second-order valence-corrected chi connectivity index (χ2v) is 2.93. The number of amides is 1. The summed E-state index contributed by atoms with van der Waals surface area (Å²) >= 11 is 0. The Hall–Kier alpha value is -1.66. The summed E-state index contributed by atoms with van der Waals surface area (Å²) in [6, 6.07) is 0. The zero-order valence-electron chi connectivity index (χ0n) is 8.14. The van der Waals surface area contributed by atoms with Crippen molar-refractivity contribution in [2.45, 2.75) is 0 Å². The minimum atomic E-state index is -0.312. The van der Waals surface area contributed by atoms with E-state index in [9.17, 15) is 4.79 Å². The van der Waals surface area contributed by atoms with E-state index in [-0.39, 0.29) is 6.09 Å². The molecule has 7 nitrogen and oxygen atoms in total. The van der Waals surface area contributed by atoms with Crippen molar-refractivity contribution in [2.24, 2.45) is 16.7 Å². The average molecular weight is 201 g/mol. The van der Waals surface area contributed by atoms with Crippen LogP contribution in [0.2, 0.25) is 0 Å². The van der Waals surface area contributed by atoms with Gasteiger partial charge in [0.05, 0.1) is 7.11 Å². The predicted octanol–water partition coefficient (Wildman–Crippen LogP) is -1.44. The van der Waals surface area contributed by atoms with Crippen molar-refractivity contribution in [2.75, 3.05) is 33.3 Å². The van der Waals surface area contributed by atoms with Gasteiger partial charge in [0, 0.05) is 26.2 Å². The van der Waals surface area contributed by atoms with Crippen LogP contribution < -0.4 is 11.6 Å².